The molecular formula is C11H17N5. The molecule has 0 spiro atoms. The third kappa shape index (κ3) is 2.19. The van der Waals surface area contributed by atoms with Crippen molar-refractivity contribution in [1.82, 2.24) is 19.8 Å². The van der Waals surface area contributed by atoms with E-state index in [1.807, 2.05) is 19.1 Å². The minimum absolute atomic E-state index is 0.139. The quantitative estimate of drug-likeness (QED) is 0.836. The van der Waals surface area contributed by atoms with E-state index in [2.05, 4.69) is 22.2 Å². The monoisotopic (exact) mass is 219 g/mol. The summed E-state index contributed by atoms with van der Waals surface area (Å²) in [5.74, 6) is 0.847. The van der Waals surface area contributed by atoms with Gasteiger partial charge >= 0.3 is 0 Å². The van der Waals surface area contributed by atoms with Gasteiger partial charge in [0.25, 0.3) is 0 Å². The molecule has 0 aliphatic heterocycles. The fourth-order valence-corrected chi connectivity index (χ4v) is 1.76. The third-order valence-electron chi connectivity index (χ3n) is 2.56. The molecular weight excluding hydrogens is 202 g/mol. The van der Waals surface area contributed by atoms with Gasteiger partial charge in [-0.15, -0.1) is 10.2 Å². The molecule has 0 aromatic carbocycles. The number of rotatable bonds is 4. The van der Waals surface area contributed by atoms with Gasteiger partial charge in [0.05, 0.1) is 5.69 Å². The standard InChI is InChI=1S/C11H17N5/c1-3-4-9(12)7-11-14-13-10-6-5-8(2)15-16(10)11/h5-6,9H,3-4,7,12H2,1-2H3. The van der Waals surface area contributed by atoms with E-state index in [1.54, 1.807) is 4.52 Å². The van der Waals surface area contributed by atoms with Crippen molar-refractivity contribution in [3.63, 3.8) is 0 Å². The van der Waals surface area contributed by atoms with Crippen molar-refractivity contribution in [2.75, 3.05) is 0 Å². The van der Waals surface area contributed by atoms with Gasteiger partial charge in [-0.05, 0) is 25.5 Å². The van der Waals surface area contributed by atoms with E-state index < -0.39 is 0 Å². The first-order valence-electron chi connectivity index (χ1n) is 5.64. The van der Waals surface area contributed by atoms with Crippen molar-refractivity contribution in [2.24, 2.45) is 5.73 Å². The second-order valence-corrected chi connectivity index (χ2v) is 4.11. The summed E-state index contributed by atoms with van der Waals surface area (Å²) in [5.41, 5.74) is 7.73. The summed E-state index contributed by atoms with van der Waals surface area (Å²) in [4.78, 5) is 0. The lowest BCUT2D eigenvalue weighted by Crippen LogP contribution is -2.23. The van der Waals surface area contributed by atoms with Crippen LogP contribution in [0.4, 0.5) is 0 Å². The number of nitrogens with zero attached hydrogens (tertiary/aromatic N) is 4. The van der Waals surface area contributed by atoms with Gasteiger partial charge in [-0.2, -0.15) is 9.61 Å². The molecule has 2 rings (SSSR count). The molecule has 0 aliphatic rings. The molecule has 2 aromatic rings. The van der Waals surface area contributed by atoms with Crippen molar-refractivity contribution >= 4 is 5.65 Å². The topological polar surface area (TPSA) is 69.1 Å². The Balaban J connectivity index is 2.27. The van der Waals surface area contributed by atoms with Gasteiger partial charge in [0, 0.05) is 12.5 Å². The van der Waals surface area contributed by atoms with E-state index in [0.29, 0.717) is 0 Å². The summed E-state index contributed by atoms with van der Waals surface area (Å²) >= 11 is 0. The maximum absolute atomic E-state index is 6.00. The molecule has 2 aromatic heterocycles. The Morgan fingerprint density at radius 3 is 2.94 bits per heavy atom. The lowest BCUT2D eigenvalue weighted by Gasteiger charge is -2.07. The molecule has 0 saturated carbocycles. The van der Waals surface area contributed by atoms with Gasteiger partial charge in [-0.25, -0.2) is 0 Å². The zero-order chi connectivity index (χ0) is 11.5. The van der Waals surface area contributed by atoms with Crippen LogP contribution in [0.1, 0.15) is 31.3 Å². The molecule has 86 valence electrons. The van der Waals surface area contributed by atoms with Gasteiger partial charge in [0.2, 0.25) is 0 Å². The molecule has 5 nitrogen and oxygen atoms in total. The summed E-state index contributed by atoms with van der Waals surface area (Å²) in [6.07, 6.45) is 2.82. The van der Waals surface area contributed by atoms with Crippen LogP contribution in [-0.2, 0) is 6.42 Å². The van der Waals surface area contributed by atoms with Crippen LogP contribution in [0, 0.1) is 6.92 Å². The highest BCUT2D eigenvalue weighted by Gasteiger charge is 2.10. The maximum atomic E-state index is 6.00. The van der Waals surface area contributed by atoms with Gasteiger partial charge in [-0.1, -0.05) is 13.3 Å². The Hall–Kier alpha value is -1.49. The molecule has 0 amide bonds. The first-order valence-corrected chi connectivity index (χ1v) is 5.64. The van der Waals surface area contributed by atoms with Crippen molar-refractivity contribution in [1.29, 1.82) is 0 Å². The molecule has 0 aliphatic carbocycles. The minimum atomic E-state index is 0.139. The zero-order valence-corrected chi connectivity index (χ0v) is 9.72. The molecule has 2 heterocycles. The number of fused-ring (bicyclic) bond motifs is 1. The number of hydrogen-bond acceptors (Lipinski definition) is 4. The van der Waals surface area contributed by atoms with Gasteiger partial charge in [0.1, 0.15) is 0 Å². The third-order valence-corrected chi connectivity index (χ3v) is 2.56. The molecule has 0 bridgehead atoms. The number of aromatic nitrogens is 4. The highest BCUT2D eigenvalue weighted by atomic mass is 15.4. The van der Waals surface area contributed by atoms with Crippen molar-refractivity contribution < 1.29 is 0 Å². The first kappa shape index (κ1) is 11.0. The van der Waals surface area contributed by atoms with E-state index in [1.165, 1.54) is 0 Å². The van der Waals surface area contributed by atoms with Crippen LogP contribution in [0.15, 0.2) is 12.1 Å². The zero-order valence-electron chi connectivity index (χ0n) is 9.72. The first-order chi connectivity index (χ1) is 7.70. The highest BCUT2D eigenvalue weighted by Crippen LogP contribution is 2.06. The summed E-state index contributed by atoms with van der Waals surface area (Å²) < 4.78 is 1.78. The van der Waals surface area contributed by atoms with Gasteiger partial charge < -0.3 is 5.73 Å². The molecule has 2 N–H and O–H groups in total. The highest BCUT2D eigenvalue weighted by molar-refractivity contribution is 5.36. The van der Waals surface area contributed by atoms with E-state index in [0.717, 1.165) is 36.4 Å². The van der Waals surface area contributed by atoms with Crippen LogP contribution in [0.25, 0.3) is 5.65 Å². The number of nitrogens with two attached hydrogens (primary N) is 1. The Bertz CT molecular complexity index is 476. The smallest absolute Gasteiger partial charge is 0.177 e. The predicted octanol–water partition coefficient (Wildman–Crippen LogP) is 1.10. The lowest BCUT2D eigenvalue weighted by molar-refractivity contribution is 0.575. The molecule has 1 atom stereocenters. The van der Waals surface area contributed by atoms with Crippen LogP contribution in [0.3, 0.4) is 0 Å². The fraction of sp³-hybridized carbons (Fsp3) is 0.545. The average molecular weight is 219 g/mol. The summed E-state index contributed by atoms with van der Waals surface area (Å²) in [7, 11) is 0. The second-order valence-electron chi connectivity index (χ2n) is 4.11. The van der Waals surface area contributed by atoms with Gasteiger partial charge in [0.15, 0.2) is 11.5 Å². The largest absolute Gasteiger partial charge is 0.327 e. The lowest BCUT2D eigenvalue weighted by atomic mass is 10.1. The Kier molecular flexibility index (Phi) is 3.14. The van der Waals surface area contributed by atoms with Gasteiger partial charge in [-0.3, -0.25) is 0 Å². The van der Waals surface area contributed by atoms with Crippen molar-refractivity contribution in [3.05, 3.63) is 23.7 Å². The molecule has 0 saturated heterocycles. The van der Waals surface area contributed by atoms with E-state index in [4.69, 9.17) is 5.73 Å². The number of aryl methyl sites for hydroxylation is 1. The predicted molar refractivity (Wildman–Crippen MR) is 62.1 cm³/mol. The SMILES string of the molecule is CCCC(N)Cc1nnc2ccc(C)nn12. The maximum Gasteiger partial charge on any atom is 0.177 e. The Labute approximate surface area is 94.7 Å². The normalized spacial score (nSPS) is 13.2. The fourth-order valence-electron chi connectivity index (χ4n) is 1.76. The summed E-state index contributed by atoms with van der Waals surface area (Å²) in [6, 6.07) is 3.99. The second kappa shape index (κ2) is 4.57. The number of hydrogen-bond donors (Lipinski definition) is 1. The van der Waals surface area contributed by atoms with Crippen LogP contribution in [0.2, 0.25) is 0 Å². The van der Waals surface area contributed by atoms with Crippen LogP contribution < -0.4 is 5.73 Å². The van der Waals surface area contributed by atoms with Crippen molar-refractivity contribution in [3.8, 4) is 0 Å². The average Bonchev–Trinajstić information content (AvgIpc) is 2.61. The molecule has 0 fully saturated rings. The van der Waals surface area contributed by atoms with Crippen LogP contribution in [-0.4, -0.2) is 25.9 Å². The summed E-state index contributed by atoms with van der Waals surface area (Å²) in [6.45, 7) is 4.08. The summed E-state index contributed by atoms with van der Waals surface area (Å²) in [5, 5.41) is 12.6. The van der Waals surface area contributed by atoms with E-state index in [-0.39, 0.29) is 6.04 Å². The van der Waals surface area contributed by atoms with Crippen LogP contribution >= 0.6 is 0 Å². The van der Waals surface area contributed by atoms with E-state index in [9.17, 15) is 0 Å². The Morgan fingerprint density at radius 1 is 1.38 bits per heavy atom. The van der Waals surface area contributed by atoms with Crippen molar-refractivity contribution in [2.45, 2.75) is 39.2 Å². The molecule has 5 heteroatoms. The molecule has 1 unspecified atom stereocenters. The van der Waals surface area contributed by atoms with Crippen LogP contribution in [0.5, 0.6) is 0 Å². The Morgan fingerprint density at radius 2 is 2.19 bits per heavy atom. The molecule has 0 radical (unpaired) electrons. The molecule has 16 heavy (non-hydrogen) atoms. The van der Waals surface area contributed by atoms with E-state index >= 15 is 0 Å². The minimum Gasteiger partial charge on any atom is -0.327 e.